The molecule has 3 heterocycles. The van der Waals surface area contributed by atoms with Gasteiger partial charge in [-0.05, 0) is 49.4 Å². The quantitative estimate of drug-likeness (QED) is 0.386. The number of hydrogen-bond acceptors (Lipinski definition) is 6. The molecule has 0 atom stereocenters. The van der Waals surface area contributed by atoms with Gasteiger partial charge in [0.15, 0.2) is 0 Å². The van der Waals surface area contributed by atoms with Crippen molar-refractivity contribution in [3.05, 3.63) is 60.0 Å². The zero-order chi connectivity index (χ0) is 29.7. The summed E-state index contributed by atoms with van der Waals surface area (Å²) in [7, 11) is 0. The van der Waals surface area contributed by atoms with Gasteiger partial charge < -0.3 is 15.0 Å². The van der Waals surface area contributed by atoms with Crippen LogP contribution in [0.2, 0.25) is 0 Å². The number of ether oxygens (including phenoxy) is 1. The number of likely N-dealkylation sites (tertiary alicyclic amines) is 1. The van der Waals surface area contributed by atoms with Gasteiger partial charge in [0.25, 0.3) is 0 Å². The van der Waals surface area contributed by atoms with Gasteiger partial charge in [-0.25, -0.2) is 9.78 Å². The lowest BCUT2D eigenvalue weighted by Crippen LogP contribution is -2.68. The second kappa shape index (κ2) is 12.6. The van der Waals surface area contributed by atoms with Gasteiger partial charge in [-0.15, -0.1) is 0 Å². The molecule has 3 aromatic rings. The van der Waals surface area contributed by atoms with Crippen LogP contribution in [0.15, 0.2) is 48.8 Å². The maximum atomic E-state index is 13.8. The third-order valence-corrected chi connectivity index (χ3v) is 7.33. The molecule has 0 unspecified atom stereocenters. The molecule has 41 heavy (non-hydrogen) atoms. The summed E-state index contributed by atoms with van der Waals surface area (Å²) in [5, 5.41) is 10.7. The number of rotatable bonds is 8. The molecule has 0 radical (unpaired) electrons. The maximum Gasteiger partial charge on any atom is 0.388 e. The molecule has 1 saturated carbocycles. The minimum absolute atomic E-state index is 0.0431. The van der Waals surface area contributed by atoms with Crippen LogP contribution in [0.5, 0.6) is 5.88 Å². The predicted octanol–water partition coefficient (Wildman–Crippen LogP) is 5.46. The number of benzene rings is 1. The highest BCUT2D eigenvalue weighted by molar-refractivity contribution is 6.03. The number of alkyl halides is 2. The van der Waals surface area contributed by atoms with Crippen molar-refractivity contribution in [3.63, 3.8) is 0 Å². The van der Waals surface area contributed by atoms with Gasteiger partial charge in [0.2, 0.25) is 11.8 Å². The highest BCUT2D eigenvalue weighted by Gasteiger charge is 2.56. The summed E-state index contributed by atoms with van der Waals surface area (Å²) in [6.45, 7) is 8.00. The van der Waals surface area contributed by atoms with E-state index in [1.54, 1.807) is 22.8 Å². The smallest absolute Gasteiger partial charge is 0.388 e. The summed E-state index contributed by atoms with van der Waals surface area (Å²) in [4.78, 5) is 35.3. The fourth-order valence-electron chi connectivity index (χ4n) is 5.51. The molecular formula is C29H37F2N7O3. The van der Waals surface area contributed by atoms with Gasteiger partial charge in [0.1, 0.15) is 12.2 Å². The molecule has 1 aliphatic carbocycles. The fourth-order valence-corrected chi connectivity index (χ4v) is 5.51. The van der Waals surface area contributed by atoms with E-state index in [2.05, 4.69) is 39.1 Å². The maximum absolute atomic E-state index is 13.8. The summed E-state index contributed by atoms with van der Waals surface area (Å²) in [6, 6.07) is 10.2. The van der Waals surface area contributed by atoms with Crippen LogP contribution < -0.4 is 15.0 Å². The van der Waals surface area contributed by atoms with Crippen LogP contribution in [0.25, 0.3) is 0 Å². The van der Waals surface area contributed by atoms with Crippen molar-refractivity contribution in [2.24, 2.45) is 5.41 Å². The number of halogens is 2. The molecule has 1 N–H and O–H groups in total. The van der Waals surface area contributed by atoms with E-state index in [4.69, 9.17) is 0 Å². The zero-order valence-electron chi connectivity index (χ0n) is 24.1. The van der Waals surface area contributed by atoms with Gasteiger partial charge in [-0.1, -0.05) is 45.9 Å². The summed E-state index contributed by atoms with van der Waals surface area (Å²) < 4.78 is 30.6. The minimum Gasteiger partial charge on any atom is -0.415 e. The SMILES string of the molecule is CC.Cc1ccc(NC(=O)N(c2ccccc2C(C)C)C2CC3(C2)CN(C(=O)Cn2nccn2)C3)c(OC(F)F)n1. The topological polar surface area (TPSA) is 105 Å². The molecule has 10 nitrogen and oxygen atoms in total. The summed E-state index contributed by atoms with van der Waals surface area (Å²) in [6.07, 6.45) is 4.49. The summed E-state index contributed by atoms with van der Waals surface area (Å²) in [5.41, 5.74) is 2.26. The van der Waals surface area contributed by atoms with Crippen molar-refractivity contribution >= 4 is 23.3 Å². The first-order valence-electron chi connectivity index (χ1n) is 13.9. The average Bonchev–Trinajstić information content (AvgIpc) is 3.40. The van der Waals surface area contributed by atoms with E-state index in [0.717, 1.165) is 11.3 Å². The van der Waals surface area contributed by atoms with Crippen LogP contribution in [-0.2, 0) is 11.3 Å². The molecule has 12 heteroatoms. The number of nitrogens with zero attached hydrogens (tertiary/aromatic N) is 6. The Kier molecular flexibility index (Phi) is 9.19. The first kappa shape index (κ1) is 29.9. The Bertz CT molecular complexity index is 1340. The highest BCUT2D eigenvalue weighted by Crippen LogP contribution is 2.51. The standard InChI is InChI=1S/C27H31F2N7O3.C2H6/c1-17(2)20-6-4-5-7-22(20)36(26(38)33-21-9-8-18(3)32-24(21)39-25(28)29)19-12-27(13-19)15-34(16-27)23(37)14-35-30-10-11-31-35;1-2/h4-11,17,19,25H,12-16H2,1-3H3,(H,33,38);1-2H3. The normalized spacial score (nSPS) is 15.6. The lowest BCUT2D eigenvalue weighted by molar-refractivity contribution is -0.152. The summed E-state index contributed by atoms with van der Waals surface area (Å²) >= 11 is 0. The van der Waals surface area contributed by atoms with Gasteiger partial charge >= 0.3 is 12.6 Å². The Hall–Kier alpha value is -4.09. The number of urea groups is 1. The molecule has 1 aromatic carbocycles. The van der Waals surface area contributed by atoms with Crippen molar-refractivity contribution < 1.29 is 23.1 Å². The number of anilines is 2. The lowest BCUT2D eigenvalue weighted by atomic mass is 9.60. The lowest BCUT2D eigenvalue weighted by Gasteiger charge is -2.60. The van der Waals surface area contributed by atoms with Crippen molar-refractivity contribution in [1.82, 2.24) is 24.9 Å². The van der Waals surface area contributed by atoms with Gasteiger partial charge in [0, 0.05) is 35.9 Å². The van der Waals surface area contributed by atoms with Crippen LogP contribution in [0.3, 0.4) is 0 Å². The van der Waals surface area contributed by atoms with Gasteiger partial charge in [-0.3, -0.25) is 9.69 Å². The Labute approximate surface area is 238 Å². The van der Waals surface area contributed by atoms with Crippen molar-refractivity contribution in [3.8, 4) is 5.88 Å². The molecule has 1 saturated heterocycles. The molecule has 0 bridgehead atoms. The number of amides is 3. The second-order valence-corrected chi connectivity index (χ2v) is 10.6. The third kappa shape index (κ3) is 6.63. The van der Waals surface area contributed by atoms with E-state index in [1.807, 2.05) is 38.1 Å². The minimum atomic E-state index is -3.08. The van der Waals surface area contributed by atoms with Gasteiger partial charge in [-0.2, -0.15) is 23.8 Å². The monoisotopic (exact) mass is 569 g/mol. The first-order valence-corrected chi connectivity index (χ1v) is 13.9. The Balaban J connectivity index is 0.00000189. The molecule has 2 aliphatic rings. The third-order valence-electron chi connectivity index (χ3n) is 7.33. The van der Waals surface area contributed by atoms with E-state index in [0.29, 0.717) is 31.6 Å². The number of para-hydroxylation sites is 1. The number of carbonyl (C=O) groups is 2. The van der Waals surface area contributed by atoms with E-state index < -0.39 is 12.6 Å². The number of nitrogens with one attached hydrogen (secondary N) is 1. The van der Waals surface area contributed by atoms with Crippen LogP contribution in [0, 0.1) is 12.3 Å². The Morgan fingerprint density at radius 1 is 1.10 bits per heavy atom. The van der Waals surface area contributed by atoms with Crippen LogP contribution in [0.1, 0.15) is 57.7 Å². The zero-order valence-corrected chi connectivity index (χ0v) is 24.1. The van der Waals surface area contributed by atoms with E-state index in [-0.39, 0.29) is 41.4 Å². The number of pyridine rings is 1. The predicted molar refractivity (Wildman–Crippen MR) is 151 cm³/mol. The van der Waals surface area contributed by atoms with Crippen LogP contribution in [-0.4, -0.2) is 62.6 Å². The molecule has 1 aliphatic heterocycles. The second-order valence-electron chi connectivity index (χ2n) is 10.6. The van der Waals surface area contributed by atoms with Crippen LogP contribution in [0.4, 0.5) is 25.0 Å². The number of aromatic nitrogens is 4. The number of hydrogen-bond donors (Lipinski definition) is 1. The summed E-state index contributed by atoms with van der Waals surface area (Å²) in [5.74, 6) is -0.226. The number of aryl methyl sites for hydroxylation is 1. The molecule has 2 fully saturated rings. The largest absolute Gasteiger partial charge is 0.415 e. The van der Waals surface area contributed by atoms with E-state index in [1.165, 1.54) is 23.3 Å². The van der Waals surface area contributed by atoms with Crippen LogP contribution >= 0.6 is 0 Å². The molecular weight excluding hydrogens is 532 g/mol. The molecule has 1 spiro atoms. The van der Waals surface area contributed by atoms with E-state index >= 15 is 0 Å². The van der Waals surface area contributed by atoms with Crippen molar-refractivity contribution in [2.75, 3.05) is 23.3 Å². The highest BCUT2D eigenvalue weighted by atomic mass is 19.3. The van der Waals surface area contributed by atoms with E-state index in [9.17, 15) is 18.4 Å². The molecule has 220 valence electrons. The molecule has 3 amide bonds. The fraction of sp³-hybridized carbons (Fsp3) is 0.483. The Morgan fingerprint density at radius 2 is 1.76 bits per heavy atom. The van der Waals surface area contributed by atoms with Crippen molar-refractivity contribution in [1.29, 1.82) is 0 Å². The molecule has 5 rings (SSSR count). The number of carbonyl (C=O) groups excluding carboxylic acids is 2. The van der Waals surface area contributed by atoms with Gasteiger partial charge in [0.05, 0.1) is 12.4 Å². The molecule has 2 aromatic heterocycles. The first-order chi connectivity index (χ1) is 19.6. The average molecular weight is 570 g/mol. The van der Waals surface area contributed by atoms with Crippen molar-refractivity contribution in [2.45, 2.75) is 72.6 Å². The Morgan fingerprint density at radius 3 is 2.39 bits per heavy atom.